The van der Waals surface area contributed by atoms with E-state index in [9.17, 15) is 9.18 Å². The van der Waals surface area contributed by atoms with Gasteiger partial charge < -0.3 is 25.8 Å². The third-order valence-electron chi connectivity index (χ3n) is 5.11. The largest absolute Gasteiger partial charge is 0.380 e. The third-order valence-corrected chi connectivity index (χ3v) is 5.38. The number of carbonyl (C=O) groups is 1. The van der Waals surface area contributed by atoms with E-state index in [1.165, 1.54) is 19.2 Å². The van der Waals surface area contributed by atoms with Gasteiger partial charge in [0.2, 0.25) is 11.9 Å². The molecule has 2 aromatic carbocycles. The number of H-pyrrole nitrogens is 1. The van der Waals surface area contributed by atoms with Crippen molar-refractivity contribution in [1.82, 2.24) is 19.9 Å². The first kappa shape index (κ1) is 23.5. The average molecular weight is 482 g/mol. The summed E-state index contributed by atoms with van der Waals surface area (Å²) in [6.45, 7) is 2.59. The summed E-state index contributed by atoms with van der Waals surface area (Å²) >= 11 is 6.40. The van der Waals surface area contributed by atoms with Gasteiger partial charge in [-0.25, -0.2) is 14.4 Å². The van der Waals surface area contributed by atoms with E-state index in [1.807, 2.05) is 49.5 Å². The molecule has 0 bridgehead atoms. The second-order valence-electron chi connectivity index (χ2n) is 8.05. The predicted molar refractivity (Wildman–Crippen MR) is 135 cm³/mol. The van der Waals surface area contributed by atoms with Gasteiger partial charge >= 0.3 is 0 Å². The molecule has 0 unspecified atom stereocenters. The van der Waals surface area contributed by atoms with Gasteiger partial charge in [-0.15, -0.1) is 0 Å². The van der Waals surface area contributed by atoms with Crippen molar-refractivity contribution in [3.05, 3.63) is 59.6 Å². The van der Waals surface area contributed by atoms with Crippen LogP contribution in [0.5, 0.6) is 0 Å². The van der Waals surface area contributed by atoms with Crippen LogP contribution in [0.4, 0.5) is 27.4 Å². The zero-order valence-corrected chi connectivity index (χ0v) is 19.8. The van der Waals surface area contributed by atoms with Crippen molar-refractivity contribution in [2.45, 2.75) is 6.92 Å². The number of benzene rings is 2. The molecule has 4 aromatic rings. The van der Waals surface area contributed by atoms with Crippen LogP contribution in [0.1, 0.15) is 6.92 Å². The first-order valence-corrected chi connectivity index (χ1v) is 11.1. The Morgan fingerprint density at radius 1 is 1.24 bits per heavy atom. The number of carbonyl (C=O) groups excluding carboxylic acids is 1. The van der Waals surface area contributed by atoms with Crippen molar-refractivity contribution in [3.8, 4) is 11.3 Å². The Morgan fingerprint density at radius 2 is 2.03 bits per heavy atom. The molecule has 0 aliphatic rings. The molecule has 0 aliphatic carbocycles. The lowest BCUT2D eigenvalue weighted by atomic mass is 10.1. The minimum absolute atomic E-state index is 0.221. The number of nitrogens with zero attached hydrogens (tertiary/aromatic N) is 3. The van der Waals surface area contributed by atoms with Crippen LogP contribution < -0.4 is 16.0 Å². The highest BCUT2D eigenvalue weighted by molar-refractivity contribution is 6.33. The summed E-state index contributed by atoms with van der Waals surface area (Å²) in [5, 5.41) is 10.1. The maximum Gasteiger partial charge on any atom is 0.227 e. The topological polar surface area (TPSA) is 98.0 Å². The van der Waals surface area contributed by atoms with Crippen molar-refractivity contribution in [1.29, 1.82) is 0 Å². The van der Waals surface area contributed by atoms with Crippen LogP contribution in [0.3, 0.4) is 0 Å². The van der Waals surface area contributed by atoms with E-state index in [1.54, 1.807) is 6.07 Å². The summed E-state index contributed by atoms with van der Waals surface area (Å²) in [6, 6.07) is 10.8. The summed E-state index contributed by atoms with van der Waals surface area (Å²) in [6.07, 6.45) is 3.33. The minimum atomic E-state index is -0.515. The molecule has 4 N–H and O–H groups in total. The monoisotopic (exact) mass is 481 g/mol. The van der Waals surface area contributed by atoms with Crippen LogP contribution in [-0.2, 0) is 4.79 Å². The second kappa shape index (κ2) is 10.1. The maximum atomic E-state index is 15.0. The second-order valence-corrected chi connectivity index (χ2v) is 8.46. The van der Waals surface area contributed by atoms with Crippen LogP contribution in [0.2, 0.25) is 5.02 Å². The fourth-order valence-electron chi connectivity index (χ4n) is 3.56. The Balaban J connectivity index is 1.65. The number of nitrogens with one attached hydrogen (secondary N) is 4. The molecule has 0 radical (unpaired) electrons. The highest BCUT2D eigenvalue weighted by Crippen LogP contribution is 2.34. The van der Waals surface area contributed by atoms with E-state index in [4.69, 9.17) is 11.6 Å². The first-order valence-electron chi connectivity index (χ1n) is 10.7. The molecule has 0 fully saturated rings. The molecule has 0 aliphatic heterocycles. The Labute approximate surface area is 201 Å². The van der Waals surface area contributed by atoms with E-state index in [-0.39, 0.29) is 17.5 Å². The number of likely N-dealkylation sites (N-methyl/N-ethyl adjacent to an activating group) is 1. The van der Waals surface area contributed by atoms with Gasteiger partial charge in [0, 0.05) is 48.4 Å². The number of rotatable bonds is 8. The summed E-state index contributed by atoms with van der Waals surface area (Å²) < 4.78 is 15.0. The summed E-state index contributed by atoms with van der Waals surface area (Å²) in [7, 11) is 3.85. The van der Waals surface area contributed by atoms with Gasteiger partial charge in [0.25, 0.3) is 0 Å². The molecular formula is C24H25ClFN7O. The van der Waals surface area contributed by atoms with Gasteiger partial charge in [0.1, 0.15) is 0 Å². The Bertz CT molecular complexity index is 1340. The molecule has 4 rings (SSSR count). The highest BCUT2D eigenvalue weighted by Gasteiger charge is 2.16. The summed E-state index contributed by atoms with van der Waals surface area (Å²) in [5.41, 5.74) is 3.25. The van der Waals surface area contributed by atoms with Crippen LogP contribution in [0, 0.1) is 5.82 Å². The van der Waals surface area contributed by atoms with Crippen molar-refractivity contribution in [3.63, 3.8) is 0 Å². The van der Waals surface area contributed by atoms with E-state index >= 15 is 0 Å². The van der Waals surface area contributed by atoms with E-state index < -0.39 is 5.82 Å². The normalized spacial score (nSPS) is 11.1. The lowest BCUT2D eigenvalue weighted by Crippen LogP contribution is -2.22. The minimum Gasteiger partial charge on any atom is -0.380 e. The number of halogens is 2. The van der Waals surface area contributed by atoms with Crippen molar-refractivity contribution < 1.29 is 9.18 Å². The summed E-state index contributed by atoms with van der Waals surface area (Å²) in [4.78, 5) is 25.7. The van der Waals surface area contributed by atoms with Crippen LogP contribution in [0.15, 0.2) is 48.8 Å². The zero-order chi connectivity index (χ0) is 24.2. The molecule has 2 heterocycles. The van der Waals surface area contributed by atoms with Crippen molar-refractivity contribution in [2.24, 2.45) is 0 Å². The fourth-order valence-corrected chi connectivity index (χ4v) is 3.76. The molecule has 8 nitrogen and oxygen atoms in total. The molecule has 176 valence electrons. The highest BCUT2D eigenvalue weighted by atomic mass is 35.5. The van der Waals surface area contributed by atoms with E-state index in [0.29, 0.717) is 35.2 Å². The van der Waals surface area contributed by atoms with Gasteiger partial charge in [-0.1, -0.05) is 29.8 Å². The SMILES string of the molecule is CC(=O)Nc1cc(Nc2ncc(Cl)c(-c3c[nH]c4ccccc34)n2)cc(F)c1NCCN(C)C. The van der Waals surface area contributed by atoms with Gasteiger partial charge in [-0.2, -0.15) is 0 Å². The van der Waals surface area contributed by atoms with Crippen molar-refractivity contribution in [2.75, 3.05) is 43.1 Å². The third kappa shape index (κ3) is 5.27. The quantitative estimate of drug-likeness (QED) is 0.280. The number of hydrogen-bond acceptors (Lipinski definition) is 6. The van der Waals surface area contributed by atoms with Crippen LogP contribution in [-0.4, -0.2) is 52.9 Å². The Kier molecular flexibility index (Phi) is 6.95. The standard InChI is InChI=1S/C24H25ClFN7O/c1-14(34)30-21-11-15(10-19(26)23(21)27-8-9-33(2)3)31-24-29-13-18(25)22(32-24)17-12-28-20-7-5-4-6-16(17)20/h4-7,10-13,27-28H,8-9H2,1-3H3,(H,30,34)(H,29,31,32). The molecule has 10 heteroatoms. The van der Waals surface area contributed by atoms with Crippen LogP contribution in [0.25, 0.3) is 22.2 Å². The average Bonchev–Trinajstić information content (AvgIpc) is 3.20. The van der Waals surface area contributed by atoms with E-state index in [0.717, 1.165) is 16.5 Å². The van der Waals surface area contributed by atoms with Crippen LogP contribution >= 0.6 is 11.6 Å². The molecule has 1 amide bonds. The van der Waals surface area contributed by atoms with Gasteiger partial charge in [-0.3, -0.25) is 4.79 Å². The fraction of sp³-hybridized carbons (Fsp3) is 0.208. The number of aromatic nitrogens is 3. The molecule has 2 aromatic heterocycles. The smallest absolute Gasteiger partial charge is 0.227 e. The molecule has 0 saturated carbocycles. The predicted octanol–water partition coefficient (Wildman–Crippen LogP) is 5.09. The van der Waals surface area contributed by atoms with Crippen molar-refractivity contribution >= 4 is 51.4 Å². The number of hydrogen-bond donors (Lipinski definition) is 4. The molecular weight excluding hydrogens is 457 g/mol. The molecule has 0 saturated heterocycles. The van der Waals surface area contributed by atoms with Gasteiger partial charge in [0.15, 0.2) is 5.82 Å². The number of aromatic amines is 1. The molecule has 34 heavy (non-hydrogen) atoms. The van der Waals surface area contributed by atoms with E-state index in [2.05, 4.69) is 30.9 Å². The Morgan fingerprint density at radius 3 is 2.79 bits per heavy atom. The maximum absolute atomic E-state index is 15.0. The van der Waals surface area contributed by atoms with Gasteiger partial charge in [-0.05, 0) is 32.3 Å². The number of para-hydroxylation sites is 1. The number of anilines is 4. The number of amides is 1. The lowest BCUT2D eigenvalue weighted by molar-refractivity contribution is -0.114. The zero-order valence-electron chi connectivity index (χ0n) is 19.0. The Hall–Kier alpha value is -3.69. The summed E-state index contributed by atoms with van der Waals surface area (Å²) in [5.74, 6) is -0.582. The van der Waals surface area contributed by atoms with Gasteiger partial charge in [0.05, 0.1) is 28.3 Å². The molecule has 0 spiro atoms. The lowest BCUT2D eigenvalue weighted by Gasteiger charge is -2.17. The first-order chi connectivity index (χ1) is 16.3. The number of fused-ring (bicyclic) bond motifs is 1. The molecule has 0 atom stereocenters.